The van der Waals surface area contributed by atoms with Crippen molar-refractivity contribution < 1.29 is 19.4 Å². The van der Waals surface area contributed by atoms with Crippen molar-refractivity contribution in [3.63, 3.8) is 0 Å². The molecule has 0 saturated heterocycles. The van der Waals surface area contributed by atoms with E-state index in [0.717, 1.165) is 5.56 Å². The van der Waals surface area contributed by atoms with Gasteiger partial charge >= 0.3 is 0 Å². The molecule has 5 nitrogen and oxygen atoms in total. The first kappa shape index (κ1) is 17.7. The van der Waals surface area contributed by atoms with Crippen LogP contribution in [0.4, 0.5) is 0 Å². The fourth-order valence-corrected chi connectivity index (χ4v) is 2.57. The molecule has 0 atom stereocenters. The number of nitrogens with one attached hydrogen (secondary N) is 1. The molecule has 0 spiro atoms. The standard InChI is InChI=1S/C19H23NO4/c1-19(2,20-18(22)13-8-6-5-7-9-13)12-14-10-17(24-4)15(21)11-16(14)23-3/h5-11,21H,12H2,1-4H3,(H,20,22). The Morgan fingerprint density at radius 3 is 2.29 bits per heavy atom. The second-order valence-corrected chi connectivity index (χ2v) is 6.22. The van der Waals surface area contributed by atoms with E-state index >= 15 is 0 Å². The fourth-order valence-electron chi connectivity index (χ4n) is 2.57. The Morgan fingerprint density at radius 1 is 1.08 bits per heavy atom. The van der Waals surface area contributed by atoms with Crippen LogP contribution in [0.15, 0.2) is 42.5 Å². The molecule has 2 rings (SSSR count). The van der Waals surface area contributed by atoms with Gasteiger partial charge in [0.1, 0.15) is 5.75 Å². The van der Waals surface area contributed by atoms with Gasteiger partial charge in [0.05, 0.1) is 14.2 Å². The lowest BCUT2D eigenvalue weighted by Crippen LogP contribution is -2.45. The first-order valence-corrected chi connectivity index (χ1v) is 7.67. The van der Waals surface area contributed by atoms with Crippen LogP contribution in [-0.4, -0.2) is 30.8 Å². The van der Waals surface area contributed by atoms with Crippen LogP contribution in [0.1, 0.15) is 29.8 Å². The fraction of sp³-hybridized carbons (Fsp3) is 0.316. The van der Waals surface area contributed by atoms with Crippen molar-refractivity contribution in [3.8, 4) is 17.2 Å². The summed E-state index contributed by atoms with van der Waals surface area (Å²) in [5.74, 6) is 0.806. The molecule has 0 aliphatic heterocycles. The summed E-state index contributed by atoms with van der Waals surface area (Å²) >= 11 is 0. The number of ether oxygens (including phenoxy) is 2. The second kappa shape index (κ2) is 7.25. The highest BCUT2D eigenvalue weighted by atomic mass is 16.5. The first-order chi connectivity index (χ1) is 11.4. The Labute approximate surface area is 142 Å². The summed E-state index contributed by atoms with van der Waals surface area (Å²) in [6.07, 6.45) is 0.519. The highest BCUT2D eigenvalue weighted by Crippen LogP contribution is 2.35. The number of rotatable bonds is 6. The molecular formula is C19H23NO4. The van der Waals surface area contributed by atoms with E-state index in [1.54, 1.807) is 25.3 Å². The van der Waals surface area contributed by atoms with Gasteiger partial charge in [-0.1, -0.05) is 18.2 Å². The highest BCUT2D eigenvalue weighted by Gasteiger charge is 2.24. The molecule has 5 heteroatoms. The Bertz CT molecular complexity index is 711. The minimum Gasteiger partial charge on any atom is -0.504 e. The summed E-state index contributed by atoms with van der Waals surface area (Å²) in [5, 5.41) is 12.9. The summed E-state index contributed by atoms with van der Waals surface area (Å²) in [5.41, 5.74) is 0.939. The maximum atomic E-state index is 12.4. The van der Waals surface area contributed by atoms with Crippen molar-refractivity contribution in [3.05, 3.63) is 53.6 Å². The number of aromatic hydroxyl groups is 1. The number of hydrogen-bond acceptors (Lipinski definition) is 4. The first-order valence-electron chi connectivity index (χ1n) is 7.67. The van der Waals surface area contributed by atoms with Crippen LogP contribution in [0.25, 0.3) is 0 Å². The summed E-state index contributed by atoms with van der Waals surface area (Å²) in [7, 11) is 3.04. The Hall–Kier alpha value is -2.69. The molecule has 0 heterocycles. The molecule has 0 unspecified atom stereocenters. The zero-order valence-corrected chi connectivity index (χ0v) is 14.4. The van der Waals surface area contributed by atoms with Crippen molar-refractivity contribution in [2.75, 3.05) is 14.2 Å². The molecule has 128 valence electrons. The predicted octanol–water partition coefficient (Wildman–Crippen LogP) is 3.16. The number of amides is 1. The van der Waals surface area contributed by atoms with E-state index in [4.69, 9.17) is 9.47 Å². The van der Waals surface area contributed by atoms with Crippen molar-refractivity contribution in [1.29, 1.82) is 0 Å². The van der Waals surface area contributed by atoms with Crippen LogP contribution >= 0.6 is 0 Å². The number of benzene rings is 2. The molecule has 0 aliphatic carbocycles. The van der Waals surface area contributed by atoms with Gasteiger partial charge in [0.25, 0.3) is 5.91 Å². The topological polar surface area (TPSA) is 67.8 Å². The van der Waals surface area contributed by atoms with Crippen LogP contribution < -0.4 is 14.8 Å². The molecule has 2 aromatic carbocycles. The van der Waals surface area contributed by atoms with Gasteiger partial charge in [-0.2, -0.15) is 0 Å². The summed E-state index contributed by atoms with van der Waals surface area (Å²) in [4.78, 5) is 12.4. The van der Waals surface area contributed by atoms with E-state index in [-0.39, 0.29) is 11.7 Å². The van der Waals surface area contributed by atoms with Gasteiger partial charge in [0.2, 0.25) is 0 Å². The van der Waals surface area contributed by atoms with E-state index < -0.39 is 5.54 Å². The number of carbonyl (C=O) groups excluding carboxylic acids is 1. The Balaban J connectivity index is 2.21. The average Bonchev–Trinajstić information content (AvgIpc) is 2.56. The molecular weight excluding hydrogens is 306 g/mol. The van der Waals surface area contributed by atoms with Crippen LogP contribution in [0.3, 0.4) is 0 Å². The average molecular weight is 329 g/mol. The number of methoxy groups -OCH3 is 2. The molecule has 0 aromatic heterocycles. The van der Waals surface area contributed by atoms with Crippen LogP contribution in [0.2, 0.25) is 0 Å². The van der Waals surface area contributed by atoms with Gasteiger partial charge in [0, 0.05) is 22.7 Å². The van der Waals surface area contributed by atoms with E-state index in [1.807, 2.05) is 32.0 Å². The monoisotopic (exact) mass is 329 g/mol. The highest BCUT2D eigenvalue weighted by molar-refractivity contribution is 5.94. The molecule has 0 aliphatic rings. The van der Waals surface area contributed by atoms with Crippen LogP contribution in [0.5, 0.6) is 17.2 Å². The largest absolute Gasteiger partial charge is 0.504 e. The summed E-state index contributed by atoms with van der Waals surface area (Å²) < 4.78 is 10.5. The number of carbonyl (C=O) groups is 1. The van der Waals surface area contributed by atoms with Gasteiger partial charge < -0.3 is 19.9 Å². The lowest BCUT2D eigenvalue weighted by Gasteiger charge is -2.27. The molecule has 2 aromatic rings. The van der Waals surface area contributed by atoms with Crippen molar-refractivity contribution in [2.24, 2.45) is 0 Å². The Morgan fingerprint density at radius 2 is 1.71 bits per heavy atom. The molecule has 0 saturated carbocycles. The van der Waals surface area contributed by atoms with Gasteiger partial charge in [0.15, 0.2) is 11.5 Å². The summed E-state index contributed by atoms with van der Waals surface area (Å²) in [6, 6.07) is 12.3. The lowest BCUT2D eigenvalue weighted by molar-refractivity contribution is 0.0912. The molecule has 2 N–H and O–H groups in total. The summed E-state index contributed by atoms with van der Waals surface area (Å²) in [6.45, 7) is 3.87. The van der Waals surface area contributed by atoms with Crippen LogP contribution in [0, 0.1) is 0 Å². The molecule has 24 heavy (non-hydrogen) atoms. The second-order valence-electron chi connectivity index (χ2n) is 6.22. The molecule has 0 bridgehead atoms. The zero-order chi connectivity index (χ0) is 17.7. The molecule has 1 amide bonds. The van der Waals surface area contributed by atoms with Gasteiger partial charge in [-0.05, 0) is 38.5 Å². The minimum atomic E-state index is -0.512. The number of hydrogen-bond donors (Lipinski definition) is 2. The molecule has 0 fully saturated rings. The number of phenols is 1. The van der Waals surface area contributed by atoms with Crippen LogP contribution in [-0.2, 0) is 6.42 Å². The van der Waals surface area contributed by atoms with Gasteiger partial charge in [-0.15, -0.1) is 0 Å². The van der Waals surface area contributed by atoms with E-state index in [2.05, 4.69) is 5.32 Å². The lowest BCUT2D eigenvalue weighted by atomic mass is 9.93. The van der Waals surface area contributed by atoms with Crippen molar-refractivity contribution in [2.45, 2.75) is 25.8 Å². The quantitative estimate of drug-likeness (QED) is 0.854. The smallest absolute Gasteiger partial charge is 0.251 e. The normalized spacial score (nSPS) is 11.0. The minimum absolute atomic E-state index is 0.0178. The predicted molar refractivity (Wildman–Crippen MR) is 92.9 cm³/mol. The van der Waals surface area contributed by atoms with E-state index in [0.29, 0.717) is 23.5 Å². The Kier molecular flexibility index (Phi) is 5.34. The van der Waals surface area contributed by atoms with Crippen molar-refractivity contribution in [1.82, 2.24) is 5.32 Å². The van der Waals surface area contributed by atoms with Gasteiger partial charge in [-0.25, -0.2) is 0 Å². The SMILES string of the molecule is COc1cc(CC(C)(C)NC(=O)c2ccccc2)c(OC)cc1O. The maximum absolute atomic E-state index is 12.4. The molecule has 0 radical (unpaired) electrons. The third-order valence-corrected chi connectivity index (χ3v) is 3.70. The zero-order valence-electron chi connectivity index (χ0n) is 14.4. The van der Waals surface area contributed by atoms with E-state index in [9.17, 15) is 9.90 Å². The van der Waals surface area contributed by atoms with Gasteiger partial charge in [-0.3, -0.25) is 4.79 Å². The number of phenolic OH excluding ortho intramolecular Hbond substituents is 1. The van der Waals surface area contributed by atoms with E-state index in [1.165, 1.54) is 13.2 Å². The van der Waals surface area contributed by atoms with Crippen molar-refractivity contribution >= 4 is 5.91 Å². The third-order valence-electron chi connectivity index (χ3n) is 3.70. The third kappa shape index (κ3) is 4.19. The maximum Gasteiger partial charge on any atom is 0.251 e.